The summed E-state index contributed by atoms with van der Waals surface area (Å²) in [4.78, 5) is 26.6. The predicted molar refractivity (Wildman–Crippen MR) is 66.4 cm³/mol. The molecule has 0 fully saturated rings. The Bertz CT molecular complexity index is 634. The van der Waals surface area contributed by atoms with Crippen LogP contribution in [0.4, 0.5) is 0 Å². The van der Waals surface area contributed by atoms with E-state index in [0.29, 0.717) is 11.5 Å². The van der Waals surface area contributed by atoms with Gasteiger partial charge < -0.3 is 10.1 Å². The van der Waals surface area contributed by atoms with Gasteiger partial charge in [-0.2, -0.15) is 4.98 Å². The Labute approximate surface area is 104 Å². The minimum atomic E-state index is -0.344. The van der Waals surface area contributed by atoms with Crippen molar-refractivity contribution in [2.24, 2.45) is 0 Å². The smallest absolute Gasteiger partial charge is 0.258 e. The molecule has 0 aliphatic heterocycles. The third-order valence-corrected chi connectivity index (χ3v) is 2.53. The van der Waals surface area contributed by atoms with Gasteiger partial charge in [0.05, 0.1) is 5.56 Å². The van der Waals surface area contributed by atoms with E-state index in [1.54, 1.807) is 19.2 Å². The lowest BCUT2D eigenvalue weighted by molar-refractivity contribution is 0.440. The van der Waals surface area contributed by atoms with Crippen LogP contribution in [-0.2, 0) is 0 Å². The fourth-order valence-corrected chi connectivity index (χ4v) is 1.70. The lowest BCUT2D eigenvalue weighted by Gasteiger charge is -2.07. The van der Waals surface area contributed by atoms with Gasteiger partial charge in [-0.05, 0) is 18.9 Å². The zero-order valence-corrected chi connectivity index (χ0v) is 10.4. The lowest BCUT2D eigenvalue weighted by atomic mass is 10.1. The molecule has 2 heterocycles. The summed E-state index contributed by atoms with van der Waals surface area (Å²) in [7, 11) is 0. The summed E-state index contributed by atoms with van der Waals surface area (Å²) in [5.41, 5.74) is 0.415. The minimum absolute atomic E-state index is 0.0950. The molecule has 0 aliphatic rings. The van der Waals surface area contributed by atoms with Crippen molar-refractivity contribution in [3.05, 3.63) is 34.0 Å². The molecule has 2 aromatic heterocycles. The van der Waals surface area contributed by atoms with Crippen LogP contribution in [0.25, 0.3) is 11.5 Å². The second-order valence-corrected chi connectivity index (χ2v) is 4.30. The highest BCUT2D eigenvalue weighted by Crippen LogP contribution is 2.21. The van der Waals surface area contributed by atoms with Crippen molar-refractivity contribution >= 4 is 0 Å². The van der Waals surface area contributed by atoms with Crippen molar-refractivity contribution in [1.82, 2.24) is 19.9 Å². The van der Waals surface area contributed by atoms with E-state index < -0.39 is 0 Å². The van der Waals surface area contributed by atoms with Crippen LogP contribution in [0.1, 0.15) is 31.2 Å². The molecule has 94 valence electrons. The van der Waals surface area contributed by atoms with E-state index in [0.717, 1.165) is 0 Å². The number of aromatic nitrogens is 4. The number of hydrogen-bond donors (Lipinski definition) is 2. The van der Waals surface area contributed by atoms with E-state index in [2.05, 4.69) is 19.9 Å². The number of nitrogens with zero attached hydrogens (tertiary/aromatic N) is 3. The maximum atomic E-state index is 11.9. The molecule has 6 nitrogen and oxygen atoms in total. The van der Waals surface area contributed by atoms with Gasteiger partial charge in [0.25, 0.3) is 5.56 Å². The quantitative estimate of drug-likeness (QED) is 0.834. The molecule has 2 aromatic rings. The number of hydrogen-bond acceptors (Lipinski definition) is 5. The highest BCUT2D eigenvalue weighted by molar-refractivity contribution is 5.49. The Morgan fingerprint density at radius 3 is 2.61 bits per heavy atom. The number of aromatic hydroxyl groups is 1. The van der Waals surface area contributed by atoms with E-state index in [1.807, 2.05) is 13.8 Å². The molecule has 0 spiro atoms. The van der Waals surface area contributed by atoms with Gasteiger partial charge in [0.15, 0.2) is 5.82 Å². The second kappa shape index (κ2) is 4.56. The number of H-pyrrole nitrogens is 1. The van der Waals surface area contributed by atoms with Gasteiger partial charge in [0, 0.05) is 6.20 Å². The van der Waals surface area contributed by atoms with Crippen molar-refractivity contribution in [3.8, 4) is 17.4 Å². The SMILES string of the molecule is Cc1nccc(-c2nc(O)c(C(C)C)c(=O)[nH]2)n1. The van der Waals surface area contributed by atoms with Crippen molar-refractivity contribution in [2.45, 2.75) is 26.7 Å². The fraction of sp³-hybridized carbons (Fsp3) is 0.333. The topological polar surface area (TPSA) is 91.8 Å². The fourth-order valence-electron chi connectivity index (χ4n) is 1.70. The molecular weight excluding hydrogens is 232 g/mol. The van der Waals surface area contributed by atoms with Crippen LogP contribution in [0.15, 0.2) is 17.1 Å². The molecule has 0 bridgehead atoms. The number of rotatable bonds is 2. The molecule has 0 amide bonds. The third kappa shape index (κ3) is 2.22. The summed E-state index contributed by atoms with van der Waals surface area (Å²) in [5, 5.41) is 9.80. The monoisotopic (exact) mass is 246 g/mol. The number of aryl methyl sites for hydroxylation is 1. The summed E-state index contributed by atoms with van der Waals surface area (Å²) in [5.74, 6) is 0.470. The first-order chi connectivity index (χ1) is 8.49. The van der Waals surface area contributed by atoms with Crippen LogP contribution in [0, 0.1) is 6.92 Å². The molecular formula is C12H14N4O2. The van der Waals surface area contributed by atoms with Crippen molar-refractivity contribution in [3.63, 3.8) is 0 Å². The third-order valence-electron chi connectivity index (χ3n) is 2.53. The van der Waals surface area contributed by atoms with Crippen LogP contribution >= 0.6 is 0 Å². The van der Waals surface area contributed by atoms with Gasteiger partial charge >= 0.3 is 0 Å². The Morgan fingerprint density at radius 2 is 2.06 bits per heavy atom. The molecule has 6 heteroatoms. The predicted octanol–water partition coefficient (Wildman–Crippen LogP) is 1.36. The van der Waals surface area contributed by atoms with E-state index in [1.165, 1.54) is 0 Å². The standard InChI is InChI=1S/C12H14N4O2/c1-6(2)9-11(17)15-10(16-12(9)18)8-4-5-13-7(3)14-8/h4-6H,1-3H3,(H2,15,16,17,18). The number of aromatic amines is 1. The van der Waals surface area contributed by atoms with Crippen LogP contribution in [0.5, 0.6) is 5.88 Å². The molecule has 0 radical (unpaired) electrons. The van der Waals surface area contributed by atoms with Gasteiger partial charge in [-0.3, -0.25) is 4.79 Å². The van der Waals surface area contributed by atoms with Gasteiger partial charge in [-0.15, -0.1) is 0 Å². The van der Waals surface area contributed by atoms with E-state index in [4.69, 9.17) is 0 Å². The van der Waals surface area contributed by atoms with E-state index in [9.17, 15) is 9.90 Å². The first kappa shape index (κ1) is 12.2. The Kier molecular flexibility index (Phi) is 3.10. The highest BCUT2D eigenvalue weighted by atomic mass is 16.3. The molecule has 0 saturated heterocycles. The van der Waals surface area contributed by atoms with Gasteiger partial charge in [-0.25, -0.2) is 9.97 Å². The van der Waals surface area contributed by atoms with Crippen LogP contribution in [0.3, 0.4) is 0 Å². The van der Waals surface area contributed by atoms with Crippen LogP contribution < -0.4 is 5.56 Å². The van der Waals surface area contributed by atoms with Gasteiger partial charge in [0.2, 0.25) is 5.88 Å². The molecule has 0 saturated carbocycles. The Morgan fingerprint density at radius 1 is 1.33 bits per heavy atom. The Hall–Kier alpha value is -2.24. The largest absolute Gasteiger partial charge is 0.493 e. The highest BCUT2D eigenvalue weighted by Gasteiger charge is 2.15. The van der Waals surface area contributed by atoms with Crippen molar-refractivity contribution in [2.75, 3.05) is 0 Å². The van der Waals surface area contributed by atoms with E-state index >= 15 is 0 Å². The zero-order valence-electron chi connectivity index (χ0n) is 10.4. The molecule has 2 N–H and O–H groups in total. The maximum Gasteiger partial charge on any atom is 0.258 e. The first-order valence-electron chi connectivity index (χ1n) is 5.62. The summed E-state index contributed by atoms with van der Waals surface area (Å²) in [6.07, 6.45) is 1.57. The summed E-state index contributed by atoms with van der Waals surface area (Å²) in [6.45, 7) is 5.38. The summed E-state index contributed by atoms with van der Waals surface area (Å²) < 4.78 is 0. The lowest BCUT2D eigenvalue weighted by Crippen LogP contribution is -2.16. The Balaban J connectivity index is 2.59. The normalized spacial score (nSPS) is 10.9. The van der Waals surface area contributed by atoms with Crippen LogP contribution in [-0.4, -0.2) is 25.0 Å². The van der Waals surface area contributed by atoms with Crippen molar-refractivity contribution < 1.29 is 5.11 Å². The molecule has 18 heavy (non-hydrogen) atoms. The molecule has 0 atom stereocenters. The molecule has 0 aliphatic carbocycles. The maximum absolute atomic E-state index is 11.9. The molecule has 0 aromatic carbocycles. The van der Waals surface area contributed by atoms with Crippen molar-refractivity contribution in [1.29, 1.82) is 0 Å². The van der Waals surface area contributed by atoms with Crippen LogP contribution in [0.2, 0.25) is 0 Å². The molecule has 0 unspecified atom stereocenters. The molecule has 2 rings (SSSR count). The second-order valence-electron chi connectivity index (χ2n) is 4.30. The van der Waals surface area contributed by atoms with Gasteiger partial charge in [-0.1, -0.05) is 13.8 Å². The first-order valence-corrected chi connectivity index (χ1v) is 5.62. The average Bonchev–Trinajstić information content (AvgIpc) is 2.27. The summed E-state index contributed by atoms with van der Waals surface area (Å²) >= 11 is 0. The minimum Gasteiger partial charge on any atom is -0.493 e. The zero-order chi connectivity index (χ0) is 13.3. The van der Waals surface area contributed by atoms with Gasteiger partial charge in [0.1, 0.15) is 11.5 Å². The summed E-state index contributed by atoms with van der Waals surface area (Å²) in [6, 6.07) is 1.62. The number of nitrogens with one attached hydrogen (secondary N) is 1. The van der Waals surface area contributed by atoms with E-state index in [-0.39, 0.29) is 28.7 Å². The average molecular weight is 246 g/mol.